The molecule has 1 aliphatic rings. The predicted octanol–water partition coefficient (Wildman–Crippen LogP) is 2.92. The number of rotatable bonds is 5. The molecular formula is C17H26N2O. The molecule has 0 unspecified atom stereocenters. The van der Waals surface area contributed by atoms with Crippen molar-refractivity contribution in [3.8, 4) is 0 Å². The van der Waals surface area contributed by atoms with Crippen LogP contribution in [0.25, 0.3) is 0 Å². The average Bonchev–Trinajstić information content (AvgIpc) is 2.67. The fourth-order valence-corrected chi connectivity index (χ4v) is 2.84. The lowest BCUT2D eigenvalue weighted by atomic mass is 10.1. The maximum Gasteiger partial charge on any atom is 0.234 e. The standard InChI is InChI=1S/C17H26N2O/c1-14-7-6-8-15(11-14)12-18-13-17(20)19-16-9-4-2-3-5-10-16/h6-8,11,16,18H,2-5,9-10,12-13H2,1H3,(H,19,20). The Morgan fingerprint density at radius 1 is 1.20 bits per heavy atom. The monoisotopic (exact) mass is 274 g/mol. The van der Waals surface area contributed by atoms with Gasteiger partial charge in [0.25, 0.3) is 0 Å². The van der Waals surface area contributed by atoms with E-state index in [4.69, 9.17) is 0 Å². The maximum absolute atomic E-state index is 11.9. The summed E-state index contributed by atoms with van der Waals surface area (Å²) in [6, 6.07) is 8.77. The van der Waals surface area contributed by atoms with Gasteiger partial charge in [0.05, 0.1) is 6.54 Å². The van der Waals surface area contributed by atoms with Crippen molar-refractivity contribution in [3.63, 3.8) is 0 Å². The number of nitrogens with one attached hydrogen (secondary N) is 2. The number of carbonyl (C=O) groups is 1. The third-order valence-electron chi connectivity index (χ3n) is 3.92. The number of benzene rings is 1. The van der Waals surface area contributed by atoms with Crippen molar-refractivity contribution in [3.05, 3.63) is 35.4 Å². The van der Waals surface area contributed by atoms with E-state index in [-0.39, 0.29) is 5.91 Å². The lowest BCUT2D eigenvalue weighted by Gasteiger charge is -2.16. The molecule has 1 aromatic carbocycles. The van der Waals surface area contributed by atoms with E-state index in [2.05, 4.69) is 41.8 Å². The van der Waals surface area contributed by atoms with E-state index in [9.17, 15) is 4.79 Å². The molecule has 0 radical (unpaired) electrons. The zero-order valence-corrected chi connectivity index (χ0v) is 12.5. The van der Waals surface area contributed by atoms with E-state index in [1.807, 2.05) is 0 Å². The van der Waals surface area contributed by atoms with Gasteiger partial charge in [-0.3, -0.25) is 4.79 Å². The second-order valence-corrected chi connectivity index (χ2v) is 5.85. The minimum atomic E-state index is 0.129. The van der Waals surface area contributed by atoms with Crippen molar-refractivity contribution in [2.75, 3.05) is 6.54 Å². The zero-order valence-electron chi connectivity index (χ0n) is 12.5. The highest BCUT2D eigenvalue weighted by molar-refractivity contribution is 5.78. The van der Waals surface area contributed by atoms with Crippen LogP contribution in [0, 0.1) is 6.92 Å². The second kappa shape index (κ2) is 8.05. The van der Waals surface area contributed by atoms with Crippen LogP contribution in [0.1, 0.15) is 49.7 Å². The fraction of sp³-hybridized carbons (Fsp3) is 0.588. The van der Waals surface area contributed by atoms with Crippen LogP contribution in [0.4, 0.5) is 0 Å². The SMILES string of the molecule is Cc1cccc(CNCC(=O)NC2CCCCCC2)c1. The summed E-state index contributed by atoms with van der Waals surface area (Å²) in [5.41, 5.74) is 2.49. The Bertz CT molecular complexity index is 423. The molecule has 3 nitrogen and oxygen atoms in total. The first-order valence-corrected chi connectivity index (χ1v) is 7.79. The molecule has 0 atom stereocenters. The summed E-state index contributed by atoms with van der Waals surface area (Å²) in [6.07, 6.45) is 7.42. The maximum atomic E-state index is 11.9. The summed E-state index contributed by atoms with van der Waals surface area (Å²) in [7, 11) is 0. The molecule has 1 aromatic rings. The molecule has 1 aliphatic carbocycles. The molecule has 0 spiro atoms. The van der Waals surface area contributed by atoms with Crippen LogP contribution in [-0.2, 0) is 11.3 Å². The summed E-state index contributed by atoms with van der Waals surface area (Å²) in [6.45, 7) is 3.24. The van der Waals surface area contributed by atoms with E-state index >= 15 is 0 Å². The van der Waals surface area contributed by atoms with E-state index in [0.717, 1.165) is 19.4 Å². The molecule has 0 saturated heterocycles. The van der Waals surface area contributed by atoms with Gasteiger partial charge in [-0.1, -0.05) is 55.5 Å². The molecule has 0 bridgehead atoms. The Balaban J connectivity index is 1.67. The molecule has 2 rings (SSSR count). The average molecular weight is 274 g/mol. The van der Waals surface area contributed by atoms with E-state index in [0.29, 0.717) is 12.6 Å². The van der Waals surface area contributed by atoms with E-state index < -0.39 is 0 Å². The van der Waals surface area contributed by atoms with Crippen LogP contribution in [0.5, 0.6) is 0 Å². The highest BCUT2D eigenvalue weighted by atomic mass is 16.1. The zero-order chi connectivity index (χ0) is 14.2. The van der Waals surface area contributed by atoms with Gasteiger partial charge in [-0.25, -0.2) is 0 Å². The first-order chi connectivity index (χ1) is 9.74. The third-order valence-corrected chi connectivity index (χ3v) is 3.92. The Labute approximate surface area is 122 Å². The van der Waals surface area contributed by atoms with Gasteiger partial charge in [-0.05, 0) is 25.3 Å². The van der Waals surface area contributed by atoms with Crippen LogP contribution < -0.4 is 10.6 Å². The first-order valence-electron chi connectivity index (χ1n) is 7.79. The van der Waals surface area contributed by atoms with Crippen molar-refractivity contribution < 1.29 is 4.79 Å². The number of carbonyl (C=O) groups excluding carboxylic acids is 1. The van der Waals surface area contributed by atoms with E-state index in [1.165, 1.54) is 36.8 Å². The van der Waals surface area contributed by atoms with Gasteiger partial charge in [0.15, 0.2) is 0 Å². The Kier molecular flexibility index (Phi) is 6.06. The molecule has 1 amide bonds. The highest BCUT2D eigenvalue weighted by Crippen LogP contribution is 2.16. The van der Waals surface area contributed by atoms with Crippen LogP contribution in [0.15, 0.2) is 24.3 Å². The Hall–Kier alpha value is -1.35. The van der Waals surface area contributed by atoms with E-state index in [1.54, 1.807) is 0 Å². The minimum Gasteiger partial charge on any atom is -0.352 e. The molecule has 2 N–H and O–H groups in total. The first kappa shape index (κ1) is 15.0. The normalized spacial score (nSPS) is 16.6. The summed E-state index contributed by atoms with van der Waals surface area (Å²) in [5, 5.41) is 6.38. The number of aryl methyl sites for hydroxylation is 1. The van der Waals surface area contributed by atoms with Crippen molar-refractivity contribution in [2.45, 2.75) is 58.0 Å². The fourth-order valence-electron chi connectivity index (χ4n) is 2.84. The molecule has 0 heterocycles. The van der Waals surface area contributed by atoms with Crippen molar-refractivity contribution in [1.82, 2.24) is 10.6 Å². The van der Waals surface area contributed by atoms with Crippen LogP contribution in [0.3, 0.4) is 0 Å². The van der Waals surface area contributed by atoms with Gasteiger partial charge < -0.3 is 10.6 Å². The van der Waals surface area contributed by atoms with Crippen LogP contribution >= 0.6 is 0 Å². The van der Waals surface area contributed by atoms with Crippen molar-refractivity contribution in [1.29, 1.82) is 0 Å². The predicted molar refractivity (Wildman–Crippen MR) is 82.5 cm³/mol. The van der Waals surface area contributed by atoms with Gasteiger partial charge in [0, 0.05) is 12.6 Å². The summed E-state index contributed by atoms with van der Waals surface area (Å²) < 4.78 is 0. The molecular weight excluding hydrogens is 248 g/mol. The summed E-state index contributed by atoms with van der Waals surface area (Å²) in [4.78, 5) is 11.9. The Morgan fingerprint density at radius 2 is 1.95 bits per heavy atom. The summed E-state index contributed by atoms with van der Waals surface area (Å²) >= 11 is 0. The third kappa shape index (κ3) is 5.33. The van der Waals surface area contributed by atoms with Crippen molar-refractivity contribution >= 4 is 5.91 Å². The van der Waals surface area contributed by atoms with Gasteiger partial charge >= 0.3 is 0 Å². The molecule has 1 saturated carbocycles. The van der Waals surface area contributed by atoms with Gasteiger partial charge in [-0.2, -0.15) is 0 Å². The van der Waals surface area contributed by atoms with Crippen LogP contribution in [0.2, 0.25) is 0 Å². The lowest BCUT2D eigenvalue weighted by Crippen LogP contribution is -2.40. The molecule has 0 aliphatic heterocycles. The minimum absolute atomic E-state index is 0.129. The lowest BCUT2D eigenvalue weighted by molar-refractivity contribution is -0.121. The van der Waals surface area contributed by atoms with Gasteiger partial charge in [-0.15, -0.1) is 0 Å². The van der Waals surface area contributed by atoms with Gasteiger partial charge in [0.1, 0.15) is 0 Å². The molecule has 1 fully saturated rings. The molecule has 3 heteroatoms. The molecule has 20 heavy (non-hydrogen) atoms. The quantitative estimate of drug-likeness (QED) is 0.811. The topological polar surface area (TPSA) is 41.1 Å². The number of amides is 1. The van der Waals surface area contributed by atoms with Gasteiger partial charge in [0.2, 0.25) is 5.91 Å². The molecule has 110 valence electrons. The molecule has 0 aromatic heterocycles. The smallest absolute Gasteiger partial charge is 0.234 e. The Morgan fingerprint density at radius 3 is 2.65 bits per heavy atom. The van der Waals surface area contributed by atoms with Crippen molar-refractivity contribution in [2.24, 2.45) is 0 Å². The summed E-state index contributed by atoms with van der Waals surface area (Å²) in [5.74, 6) is 0.129. The largest absolute Gasteiger partial charge is 0.352 e. The van der Waals surface area contributed by atoms with Crippen LogP contribution in [-0.4, -0.2) is 18.5 Å². The number of hydrogen-bond acceptors (Lipinski definition) is 2. The second-order valence-electron chi connectivity index (χ2n) is 5.85. The number of hydrogen-bond donors (Lipinski definition) is 2. The highest BCUT2D eigenvalue weighted by Gasteiger charge is 2.14.